The fourth-order valence-corrected chi connectivity index (χ4v) is 2.89. The zero-order valence-corrected chi connectivity index (χ0v) is 14.4. The Morgan fingerprint density at radius 2 is 2.05 bits per heavy atom. The van der Waals surface area contributed by atoms with Crippen LogP contribution in [0.4, 0.5) is 0 Å². The molecule has 0 aliphatic rings. The van der Waals surface area contributed by atoms with E-state index < -0.39 is 0 Å². The van der Waals surface area contributed by atoms with Gasteiger partial charge in [0.2, 0.25) is 0 Å². The molecule has 20 heavy (non-hydrogen) atoms. The minimum atomic E-state index is -0.0556. The number of halogens is 2. The smallest absolute Gasteiger partial charge is 0.268 e. The van der Waals surface area contributed by atoms with Gasteiger partial charge in [-0.3, -0.25) is 4.79 Å². The molecular weight excluding hydrogens is 384 g/mol. The van der Waals surface area contributed by atoms with Crippen molar-refractivity contribution in [1.29, 1.82) is 0 Å². The van der Waals surface area contributed by atoms with Gasteiger partial charge in [0.05, 0.1) is 0 Å². The molecule has 106 valence electrons. The summed E-state index contributed by atoms with van der Waals surface area (Å²) in [6.07, 6.45) is 2.93. The highest BCUT2D eigenvalue weighted by molar-refractivity contribution is 9.10. The van der Waals surface area contributed by atoms with E-state index in [1.165, 1.54) is 0 Å². The second-order valence-corrected chi connectivity index (χ2v) is 6.28. The van der Waals surface area contributed by atoms with Crippen LogP contribution >= 0.6 is 31.9 Å². The monoisotopic (exact) mass is 398 g/mol. The number of aromatic nitrogens is 1. The fourth-order valence-electron chi connectivity index (χ4n) is 2.00. The molecule has 1 amide bonds. The minimum Gasteiger partial charge on any atom is -0.347 e. The zero-order valence-electron chi connectivity index (χ0n) is 11.2. The van der Waals surface area contributed by atoms with E-state index in [2.05, 4.69) is 44.1 Å². The normalized spacial score (nSPS) is 10.6. The van der Waals surface area contributed by atoms with E-state index in [1.54, 1.807) is 0 Å². The Kier molecular flexibility index (Phi) is 5.43. The lowest BCUT2D eigenvalue weighted by atomic mass is 10.2. The van der Waals surface area contributed by atoms with Crippen molar-refractivity contribution in [2.45, 2.75) is 26.4 Å². The van der Waals surface area contributed by atoms with Crippen LogP contribution in [0.25, 0.3) is 0 Å². The molecule has 1 aromatic carbocycles. The number of aryl methyl sites for hydroxylation is 1. The molecule has 0 saturated carbocycles. The average molecular weight is 400 g/mol. The largest absolute Gasteiger partial charge is 0.347 e. The third-order valence-electron chi connectivity index (χ3n) is 2.96. The summed E-state index contributed by atoms with van der Waals surface area (Å²) in [5.74, 6) is -0.0556. The van der Waals surface area contributed by atoms with Crippen LogP contribution in [-0.4, -0.2) is 10.5 Å². The molecule has 0 unspecified atom stereocenters. The van der Waals surface area contributed by atoms with Crippen molar-refractivity contribution >= 4 is 37.8 Å². The Labute approximate surface area is 135 Å². The summed E-state index contributed by atoms with van der Waals surface area (Å²) in [6.45, 7) is 3.44. The van der Waals surface area contributed by atoms with Crippen LogP contribution in [0.15, 0.2) is 45.5 Å². The molecule has 0 bridgehead atoms. The lowest BCUT2D eigenvalue weighted by molar-refractivity contribution is 0.0941. The number of nitrogens with one attached hydrogen (secondary N) is 1. The van der Waals surface area contributed by atoms with Gasteiger partial charge in [0.25, 0.3) is 5.91 Å². The first kappa shape index (κ1) is 15.3. The molecule has 0 aliphatic carbocycles. The Hall–Kier alpha value is -1.07. The molecule has 0 atom stereocenters. The predicted molar refractivity (Wildman–Crippen MR) is 87.7 cm³/mol. The van der Waals surface area contributed by atoms with Crippen LogP contribution in [0.3, 0.4) is 0 Å². The number of nitrogens with zero attached hydrogens (tertiary/aromatic N) is 1. The van der Waals surface area contributed by atoms with Crippen molar-refractivity contribution in [3.05, 3.63) is 56.7 Å². The van der Waals surface area contributed by atoms with Gasteiger partial charge < -0.3 is 9.88 Å². The molecule has 2 rings (SSSR count). The van der Waals surface area contributed by atoms with Crippen LogP contribution in [0.1, 0.15) is 29.4 Å². The lowest BCUT2D eigenvalue weighted by Gasteiger charge is -2.09. The minimum absolute atomic E-state index is 0.0556. The Morgan fingerprint density at radius 3 is 2.75 bits per heavy atom. The molecule has 0 spiro atoms. The molecule has 2 aromatic rings. The van der Waals surface area contributed by atoms with Crippen LogP contribution in [-0.2, 0) is 13.1 Å². The first-order chi connectivity index (χ1) is 9.61. The van der Waals surface area contributed by atoms with E-state index in [-0.39, 0.29) is 5.91 Å². The third-order valence-corrected chi connectivity index (χ3v) is 4.16. The van der Waals surface area contributed by atoms with E-state index in [0.717, 1.165) is 27.5 Å². The summed E-state index contributed by atoms with van der Waals surface area (Å²) in [5.41, 5.74) is 1.75. The number of rotatable bonds is 5. The molecule has 1 N–H and O–H groups in total. The van der Waals surface area contributed by atoms with Crippen LogP contribution in [0.2, 0.25) is 0 Å². The molecule has 3 nitrogen and oxygen atoms in total. The van der Waals surface area contributed by atoms with Gasteiger partial charge in [-0.25, -0.2) is 0 Å². The molecule has 5 heteroatoms. The summed E-state index contributed by atoms with van der Waals surface area (Å²) in [4.78, 5) is 12.3. The number of hydrogen-bond donors (Lipinski definition) is 1. The number of carbonyl (C=O) groups is 1. The number of carbonyl (C=O) groups excluding carboxylic acids is 1. The van der Waals surface area contributed by atoms with Gasteiger partial charge in [-0.05, 0) is 40.0 Å². The van der Waals surface area contributed by atoms with E-state index in [1.807, 2.05) is 41.1 Å². The second kappa shape index (κ2) is 7.09. The molecule has 0 saturated heterocycles. The van der Waals surface area contributed by atoms with Crippen molar-refractivity contribution in [2.75, 3.05) is 0 Å². The highest BCUT2D eigenvalue weighted by Crippen LogP contribution is 2.17. The molecule has 0 aliphatic heterocycles. The Bertz CT molecular complexity index is 608. The maximum Gasteiger partial charge on any atom is 0.268 e. The average Bonchev–Trinajstić information content (AvgIpc) is 2.79. The van der Waals surface area contributed by atoms with Gasteiger partial charge in [0.15, 0.2) is 0 Å². The summed E-state index contributed by atoms with van der Waals surface area (Å²) >= 11 is 6.90. The van der Waals surface area contributed by atoms with Crippen molar-refractivity contribution in [3.8, 4) is 0 Å². The maximum atomic E-state index is 12.3. The molecule has 1 aromatic heterocycles. The van der Waals surface area contributed by atoms with Crippen LogP contribution < -0.4 is 5.32 Å². The highest BCUT2D eigenvalue weighted by Gasteiger charge is 2.12. The van der Waals surface area contributed by atoms with Gasteiger partial charge in [-0.2, -0.15) is 0 Å². The maximum absolute atomic E-state index is 12.3. The number of amides is 1. The number of benzene rings is 1. The quantitative estimate of drug-likeness (QED) is 0.796. The van der Waals surface area contributed by atoms with Gasteiger partial charge in [0.1, 0.15) is 5.69 Å². The first-order valence-corrected chi connectivity index (χ1v) is 8.07. The second-order valence-electron chi connectivity index (χ2n) is 4.51. The summed E-state index contributed by atoms with van der Waals surface area (Å²) in [5, 5.41) is 2.96. The van der Waals surface area contributed by atoms with Crippen molar-refractivity contribution in [2.24, 2.45) is 0 Å². The summed E-state index contributed by atoms with van der Waals surface area (Å²) in [7, 11) is 0. The van der Waals surface area contributed by atoms with Gasteiger partial charge >= 0.3 is 0 Å². The highest BCUT2D eigenvalue weighted by atomic mass is 79.9. The standard InChI is InChI=1S/C15H16Br2N2O/c1-2-7-19-10-12(16)8-14(19)15(20)18-9-11-5-3-4-6-13(11)17/h3-6,8,10H,2,7,9H2,1H3,(H,18,20). The molecule has 0 fully saturated rings. The third kappa shape index (κ3) is 3.73. The Morgan fingerprint density at radius 1 is 1.30 bits per heavy atom. The molecular formula is C15H16Br2N2O. The topological polar surface area (TPSA) is 34.0 Å². The van der Waals surface area contributed by atoms with E-state index >= 15 is 0 Å². The van der Waals surface area contributed by atoms with Crippen molar-refractivity contribution in [3.63, 3.8) is 0 Å². The Balaban J connectivity index is 2.07. The van der Waals surface area contributed by atoms with Gasteiger partial charge in [-0.15, -0.1) is 0 Å². The number of hydrogen-bond acceptors (Lipinski definition) is 1. The van der Waals surface area contributed by atoms with Gasteiger partial charge in [-0.1, -0.05) is 41.1 Å². The molecule has 1 heterocycles. The van der Waals surface area contributed by atoms with Crippen LogP contribution in [0.5, 0.6) is 0 Å². The fraction of sp³-hybridized carbons (Fsp3) is 0.267. The van der Waals surface area contributed by atoms with Crippen molar-refractivity contribution < 1.29 is 4.79 Å². The lowest BCUT2D eigenvalue weighted by Crippen LogP contribution is -2.25. The van der Waals surface area contributed by atoms with Crippen LogP contribution in [0, 0.1) is 0 Å². The van der Waals surface area contributed by atoms with Crippen molar-refractivity contribution in [1.82, 2.24) is 9.88 Å². The molecule has 0 radical (unpaired) electrons. The van der Waals surface area contributed by atoms with E-state index in [4.69, 9.17) is 0 Å². The van der Waals surface area contributed by atoms with E-state index in [0.29, 0.717) is 12.2 Å². The SMILES string of the molecule is CCCn1cc(Br)cc1C(=O)NCc1ccccc1Br. The zero-order chi connectivity index (χ0) is 14.5. The summed E-state index contributed by atoms with van der Waals surface area (Å²) < 4.78 is 3.90. The summed E-state index contributed by atoms with van der Waals surface area (Å²) in [6, 6.07) is 9.73. The van der Waals surface area contributed by atoms with Gasteiger partial charge in [0, 0.05) is 28.2 Å². The predicted octanol–water partition coefficient (Wildman–Crippen LogP) is 4.35. The van der Waals surface area contributed by atoms with E-state index in [9.17, 15) is 4.79 Å². The first-order valence-electron chi connectivity index (χ1n) is 6.49.